The monoisotopic (exact) mass is 1680 g/mol. The zero-order chi connectivity index (χ0) is 85.7. The Hall–Kier alpha value is -10.5. The minimum atomic E-state index is -2.27. The smallest absolute Gasteiger partial charge is 0.410 e. The topological polar surface area (TPSA) is 474 Å². The number of aliphatic hydroxyl groups excluding tert-OH is 6. The van der Waals surface area contributed by atoms with Crippen LogP contribution in [0.3, 0.4) is 0 Å². The Kier molecular flexibility index (Phi) is 25.7. The molecule has 6 aromatic rings. The zero-order valence-electron chi connectivity index (χ0n) is 66.1. The number of amides is 8. The van der Waals surface area contributed by atoms with Crippen LogP contribution in [-0.4, -0.2) is 178 Å². The average Bonchev–Trinajstić information content (AvgIpc) is 0.757. The summed E-state index contributed by atoms with van der Waals surface area (Å²) in [4.78, 5) is 154. The van der Waals surface area contributed by atoms with E-state index in [0.29, 0.717) is 17.4 Å². The summed E-state index contributed by atoms with van der Waals surface area (Å²) in [5.74, 6) is -16.6. The number of fused-ring (bicyclic) bond motifs is 15. The fourth-order valence-electron chi connectivity index (χ4n) is 17.8. The number of imide groups is 1. The van der Waals surface area contributed by atoms with Crippen LogP contribution in [0.1, 0.15) is 175 Å². The Morgan fingerprint density at radius 1 is 0.647 bits per heavy atom. The van der Waals surface area contributed by atoms with Gasteiger partial charge in [-0.1, -0.05) is 85.6 Å². The summed E-state index contributed by atoms with van der Waals surface area (Å²) in [5.41, 5.74) is -2.28. The first-order chi connectivity index (χ1) is 56.4. The maximum atomic E-state index is 16.6. The first kappa shape index (κ1) is 86.4. The Morgan fingerprint density at radius 2 is 1.27 bits per heavy atom. The van der Waals surface area contributed by atoms with Gasteiger partial charge in [0.05, 0.1) is 34.5 Å². The Morgan fingerprint density at radius 3 is 1.87 bits per heavy atom. The molecule has 4 saturated carbocycles. The van der Waals surface area contributed by atoms with Crippen LogP contribution in [-0.2, 0) is 47.8 Å². The summed E-state index contributed by atoms with van der Waals surface area (Å²) >= 11 is 14.4. The normalized spacial score (nSPS) is 27.8. The van der Waals surface area contributed by atoms with E-state index in [1.807, 2.05) is 0 Å². The van der Waals surface area contributed by atoms with Gasteiger partial charge in [-0.25, -0.2) is 9.59 Å². The van der Waals surface area contributed by atoms with Gasteiger partial charge in [0, 0.05) is 49.9 Å². The Labute approximate surface area is 694 Å². The lowest BCUT2D eigenvalue weighted by atomic mass is 9.51. The van der Waals surface area contributed by atoms with E-state index < -0.39 is 222 Å². The number of benzene rings is 6. The van der Waals surface area contributed by atoms with Crippen molar-refractivity contribution < 1.29 is 118 Å². The van der Waals surface area contributed by atoms with E-state index in [1.54, 1.807) is 71.9 Å². The highest BCUT2D eigenvalue weighted by molar-refractivity contribution is 6.32. The van der Waals surface area contributed by atoms with Gasteiger partial charge in [0.15, 0.2) is 28.8 Å². The number of nitrogens with one attached hydrogen (secondary N) is 6. The highest BCUT2D eigenvalue weighted by atomic mass is 35.5. The lowest BCUT2D eigenvalue weighted by Crippen LogP contribution is -2.60. The molecule has 119 heavy (non-hydrogen) atoms. The first-order valence-electron chi connectivity index (χ1n) is 39.6. The van der Waals surface area contributed by atoms with Gasteiger partial charge in [-0.3, -0.25) is 48.6 Å². The molecular weight excluding hydrogens is 1590 g/mol. The number of hydrogen-bond acceptors (Lipinski definition) is 24. The maximum Gasteiger partial charge on any atom is 0.410 e. The highest BCUT2D eigenvalue weighted by Crippen LogP contribution is 2.58. The van der Waals surface area contributed by atoms with Crippen LogP contribution in [0.5, 0.6) is 46.0 Å². The van der Waals surface area contributed by atoms with Crippen molar-refractivity contribution in [2.75, 3.05) is 13.7 Å². The first-order valence-corrected chi connectivity index (χ1v) is 40.4. The van der Waals surface area contributed by atoms with Gasteiger partial charge in [0.25, 0.3) is 0 Å². The number of ether oxygens (including phenoxy) is 5. The van der Waals surface area contributed by atoms with Crippen molar-refractivity contribution in [1.29, 1.82) is 0 Å². The molecule has 15 atom stereocenters. The number of aliphatic hydroxyl groups is 6. The van der Waals surface area contributed by atoms with Gasteiger partial charge in [-0.15, -0.1) is 0 Å². The Balaban J connectivity index is 0.997. The second kappa shape index (κ2) is 35.4. The molecule has 1 saturated heterocycles. The zero-order valence-corrected chi connectivity index (χ0v) is 67.7. The number of carbonyl (C=O) groups excluding carboxylic acids is 10. The van der Waals surface area contributed by atoms with E-state index >= 15 is 33.6 Å². The van der Waals surface area contributed by atoms with E-state index in [0.717, 1.165) is 79.5 Å². The van der Waals surface area contributed by atoms with Gasteiger partial charge in [0.2, 0.25) is 41.6 Å². The van der Waals surface area contributed by atoms with Crippen LogP contribution in [0.25, 0.3) is 11.1 Å². The number of aromatic hydroxyl groups is 3. The Bertz CT molecular complexity index is 4920. The molecule has 6 heterocycles. The molecule has 6 aromatic carbocycles. The van der Waals surface area contributed by atoms with E-state index in [2.05, 4.69) is 31.9 Å². The predicted molar refractivity (Wildman–Crippen MR) is 425 cm³/mol. The van der Waals surface area contributed by atoms with Gasteiger partial charge < -0.3 is 96.2 Å². The minimum Gasteiger partial charge on any atom is -0.508 e. The second-order valence-corrected chi connectivity index (χ2v) is 34.5. The number of Topliss-reactive ketones (excluding diaryl/α,β-unsaturated/α-hetero) is 3. The number of ketones is 3. The molecule has 33 heteroatoms. The summed E-state index contributed by atoms with van der Waals surface area (Å²) in [6, 6.07) is 11.8. The summed E-state index contributed by atoms with van der Waals surface area (Å²) in [6.45, 7) is 8.95. The molecule has 5 fully saturated rings. The molecule has 10 aliphatic rings. The number of likely N-dealkylation sites (N-methyl/N-ethyl adjacent to an activating group) is 1. The second-order valence-electron chi connectivity index (χ2n) is 33.6. The number of hydrogen-bond donors (Lipinski definition) is 15. The van der Waals surface area contributed by atoms with Crippen LogP contribution in [0.15, 0.2) is 109 Å². The molecule has 8 amide bonds. The van der Waals surface area contributed by atoms with Crippen molar-refractivity contribution in [3.05, 3.63) is 153 Å². The molecule has 15 N–H and O–H groups in total. The third-order valence-electron chi connectivity index (χ3n) is 23.6. The standard InChI is InChI=1S/C86H97Cl2N7O24/c1-37(2)19-56(95(7)85(114)119-86(4,5)6)81(111)93-71-59(100)28-48(31-67(103)90-84(113)89-38(3)41-11-9-8-10-12-41)79(109)91-69-47-29-64(115-62-17-14-43(73(71)104)26-54(62)87)78(118-83-77(108)76(107)75(106)66(36-96)117-83)65(30-47)116-63-18-15-44(27-55(63)88)74(105)72-82(112)92-70(61(102)34-50-45-21-39-20-40(23-45)24-46(50)22-39)53-32-49(97)33-58(99)68(53)52-25-42(13-16-57(52)98)51(35-60(69)101)80(110)94-72/h8-18,25-27,29-30,32-33,37-40,45-46,48,50-51,56,66,69-77,83,96-99,104-108H,19-24,28,31,34-36H2,1-7H3,(H,91,109)(H,92,112)(H,93,111)(H,94,110)(H2,89,90,103,113)/t38-,39?,40?,45?,46?,48-,50?,51-,56+,66+,69+,70-,71-,72-,73+,74+,75+,76-,77+,83?/m0/s1. The van der Waals surface area contributed by atoms with Gasteiger partial charge in [-0.05, 0) is 190 Å². The van der Waals surface area contributed by atoms with Gasteiger partial charge >= 0.3 is 12.1 Å². The van der Waals surface area contributed by atoms with Crippen LogP contribution in [0.2, 0.25) is 10.0 Å². The van der Waals surface area contributed by atoms with Crippen molar-refractivity contribution in [2.24, 2.45) is 41.4 Å². The van der Waals surface area contributed by atoms with E-state index in [-0.39, 0.29) is 91.4 Å². The molecule has 6 aliphatic heterocycles. The minimum absolute atomic E-state index is 0.0580. The largest absolute Gasteiger partial charge is 0.508 e. The molecule has 15 bridgehead atoms. The van der Waals surface area contributed by atoms with E-state index in [9.17, 15) is 60.3 Å². The molecule has 1 unspecified atom stereocenters. The number of halogens is 2. The molecule has 0 radical (unpaired) electrons. The lowest BCUT2D eigenvalue weighted by molar-refractivity contribution is -0.277. The fraction of sp³-hybridized carbons (Fsp3) is 0.465. The summed E-state index contributed by atoms with van der Waals surface area (Å²) < 4.78 is 31.2. The van der Waals surface area contributed by atoms with Gasteiger partial charge in [-0.2, -0.15) is 0 Å². The highest BCUT2D eigenvalue weighted by Gasteiger charge is 2.51. The van der Waals surface area contributed by atoms with Crippen molar-refractivity contribution in [2.45, 2.75) is 196 Å². The molecule has 16 rings (SSSR count). The van der Waals surface area contributed by atoms with Gasteiger partial charge in [0.1, 0.15) is 101 Å². The molecule has 0 spiro atoms. The van der Waals surface area contributed by atoms with Crippen LogP contribution >= 0.6 is 23.2 Å². The third kappa shape index (κ3) is 18.9. The van der Waals surface area contributed by atoms with E-state index in [1.165, 1.54) is 43.4 Å². The third-order valence-corrected chi connectivity index (χ3v) is 24.2. The quantitative estimate of drug-likeness (QED) is 0.0457. The number of phenols is 3. The molecule has 4 aliphatic carbocycles. The fourth-order valence-corrected chi connectivity index (χ4v) is 18.2. The van der Waals surface area contributed by atoms with E-state index in [4.69, 9.17) is 46.9 Å². The summed E-state index contributed by atoms with van der Waals surface area (Å²) in [7, 11) is 1.28. The molecule has 0 aromatic heterocycles. The summed E-state index contributed by atoms with van der Waals surface area (Å²) in [6.07, 6.45) is -14.0. The summed E-state index contributed by atoms with van der Waals surface area (Å²) in [5, 5.41) is 120. The lowest BCUT2D eigenvalue weighted by Gasteiger charge is -2.54. The van der Waals surface area contributed by atoms with Crippen molar-refractivity contribution in [3.63, 3.8) is 0 Å². The average molecular weight is 1680 g/mol. The maximum absolute atomic E-state index is 16.6. The van der Waals surface area contributed by atoms with Crippen LogP contribution in [0.4, 0.5) is 9.59 Å². The number of nitrogens with zero attached hydrogens (tertiary/aromatic N) is 1. The number of phenolic OH excluding ortho intramolecular Hbond substituents is 3. The number of rotatable bonds is 15. The van der Waals surface area contributed by atoms with Crippen molar-refractivity contribution in [1.82, 2.24) is 36.8 Å². The molecular formula is C86H97Cl2N7O24. The predicted octanol–water partition coefficient (Wildman–Crippen LogP) is 8.54. The molecule has 634 valence electrons. The molecule has 31 nitrogen and oxygen atoms in total. The SMILES string of the molecule is CC(C)C[C@H](C(=O)N[C@H]1C(=O)C[C@@H](CC(=O)NC(=O)N[C@@H](C)c2ccccc2)C(=O)N[C@H]2C(=O)C[C@@H]3C(=O)N[C@H](C(=O)N[C@H](C(=O)CC4C5CC6CC(C5)CC4C6)c4cc(O)cc(O)c4-c4cc3ccc4O)[C@H](O)c3ccc(c(Cl)c3)Oc3cc2cc(c3OC2O[C@H](CO)[C@@H](O)[C@H](O)[C@H]2O)Oc2ccc(cc2Cl)[C@H]1O)N(C)C(=O)OC(C)(C)C. The van der Waals surface area contributed by atoms with Crippen LogP contribution in [0, 0.1) is 41.4 Å². The van der Waals surface area contributed by atoms with Crippen molar-refractivity contribution in [3.8, 4) is 57.1 Å². The van der Waals surface area contributed by atoms with Crippen LogP contribution < -0.4 is 46.1 Å². The van der Waals surface area contributed by atoms with Crippen molar-refractivity contribution >= 4 is 82.2 Å². The number of urea groups is 1. The number of carbonyl (C=O) groups is 10.